The molecule has 0 heterocycles. The third-order valence-corrected chi connectivity index (χ3v) is 6.72. The van der Waals surface area contributed by atoms with Gasteiger partial charge < -0.3 is 25.9 Å². The van der Waals surface area contributed by atoms with E-state index in [2.05, 4.69) is 0 Å². The van der Waals surface area contributed by atoms with Gasteiger partial charge in [-0.15, -0.1) is 0 Å². The van der Waals surface area contributed by atoms with E-state index in [1.807, 2.05) is 19.1 Å². The van der Waals surface area contributed by atoms with Crippen LogP contribution >= 0.6 is 0 Å². The molecule has 0 radical (unpaired) electrons. The van der Waals surface area contributed by atoms with Crippen LogP contribution in [0.4, 0.5) is 0 Å². The van der Waals surface area contributed by atoms with Crippen molar-refractivity contribution >= 4 is 0 Å². The average molecular weight is 322 g/mol. The summed E-state index contributed by atoms with van der Waals surface area (Å²) in [6, 6.07) is 5.61. The molecule has 0 aromatic heterocycles. The number of hydrogen-bond acceptors (Lipinski definition) is 4. The molecule has 0 spiro atoms. The molecule has 2 fully saturated rings. The zero-order valence-corrected chi connectivity index (χ0v) is 13.3. The van der Waals surface area contributed by atoms with E-state index in [0.717, 1.165) is 25.7 Å². The van der Waals surface area contributed by atoms with Crippen molar-refractivity contribution in [1.29, 1.82) is 0 Å². The Balaban J connectivity index is 0.00000156. The van der Waals surface area contributed by atoms with Gasteiger partial charge in [0.2, 0.25) is 0 Å². The summed E-state index contributed by atoms with van der Waals surface area (Å²) < 4.78 is 0. The molecule has 1 aromatic carbocycles. The molecule has 0 bridgehead atoms. The van der Waals surface area contributed by atoms with Crippen LogP contribution in [0, 0.1) is 17.3 Å². The molecule has 0 aliphatic heterocycles. The Hall–Kier alpha value is -1.14. The molecule has 2 saturated carbocycles. The first-order chi connectivity index (χ1) is 10.4. The molecule has 0 saturated heterocycles. The highest BCUT2D eigenvalue weighted by Crippen LogP contribution is 2.60. The first kappa shape index (κ1) is 16.7. The second-order valence-electron chi connectivity index (χ2n) is 7.69. The van der Waals surface area contributed by atoms with Gasteiger partial charge in [0.15, 0.2) is 0 Å². The number of phenolic OH excluding ortho intramolecular Hbond substituents is 1. The second kappa shape index (κ2) is 5.45. The lowest BCUT2D eigenvalue weighted by molar-refractivity contribution is -0.0505. The minimum Gasteiger partial charge on any atom is -0.508 e. The Kier molecular flexibility index (Phi) is 3.96. The highest BCUT2D eigenvalue weighted by Gasteiger charge is 2.62. The third-order valence-electron chi connectivity index (χ3n) is 6.72. The summed E-state index contributed by atoms with van der Waals surface area (Å²) >= 11 is 0. The number of hydrogen-bond donors (Lipinski definition) is 4. The molecule has 128 valence electrons. The largest absolute Gasteiger partial charge is 0.508 e. The first-order valence-corrected chi connectivity index (χ1v) is 8.29. The molecule has 3 aliphatic carbocycles. The van der Waals surface area contributed by atoms with Gasteiger partial charge in [-0.25, -0.2) is 0 Å². The van der Waals surface area contributed by atoms with Crippen LogP contribution in [0.5, 0.6) is 5.75 Å². The van der Waals surface area contributed by atoms with E-state index < -0.39 is 23.7 Å². The summed E-state index contributed by atoms with van der Waals surface area (Å²) in [6.07, 6.45) is 0.894. The van der Waals surface area contributed by atoms with Crippen LogP contribution in [0.1, 0.15) is 43.2 Å². The van der Waals surface area contributed by atoms with Crippen LogP contribution in [0.25, 0.3) is 0 Å². The Morgan fingerprint density at radius 2 is 1.83 bits per heavy atom. The van der Waals surface area contributed by atoms with E-state index in [1.165, 1.54) is 11.1 Å². The number of fused-ring (bicyclic) bond motifs is 5. The summed E-state index contributed by atoms with van der Waals surface area (Å²) in [4.78, 5) is 0. The molecule has 3 aliphatic rings. The van der Waals surface area contributed by atoms with Gasteiger partial charge in [-0.2, -0.15) is 0 Å². The van der Waals surface area contributed by atoms with Crippen LogP contribution in [-0.4, -0.2) is 44.2 Å². The summed E-state index contributed by atoms with van der Waals surface area (Å²) in [5, 5.41) is 40.7. The number of aromatic hydroxyl groups is 1. The fraction of sp³-hybridized carbons (Fsp3) is 0.667. The fourth-order valence-corrected chi connectivity index (χ4v) is 5.62. The quantitative estimate of drug-likeness (QED) is 0.564. The minimum absolute atomic E-state index is 0. The maximum Gasteiger partial charge on any atom is 0.115 e. The summed E-state index contributed by atoms with van der Waals surface area (Å²) in [5.41, 5.74) is 2.09. The normalized spacial score (nSPS) is 44.7. The van der Waals surface area contributed by atoms with Gasteiger partial charge in [0.05, 0.1) is 12.2 Å². The van der Waals surface area contributed by atoms with Crippen molar-refractivity contribution in [3.05, 3.63) is 29.3 Å². The second-order valence-corrected chi connectivity index (χ2v) is 7.69. The van der Waals surface area contributed by atoms with E-state index >= 15 is 0 Å². The van der Waals surface area contributed by atoms with Crippen LogP contribution in [0.3, 0.4) is 0 Å². The van der Waals surface area contributed by atoms with Gasteiger partial charge in [0.25, 0.3) is 0 Å². The van der Waals surface area contributed by atoms with Gasteiger partial charge in [-0.1, -0.05) is 13.0 Å². The maximum atomic E-state index is 10.5. The topological polar surface area (TPSA) is 112 Å². The summed E-state index contributed by atoms with van der Waals surface area (Å²) in [6.45, 7) is 2.02. The molecule has 6 N–H and O–H groups in total. The van der Waals surface area contributed by atoms with Crippen molar-refractivity contribution in [3.8, 4) is 5.75 Å². The standard InChI is InChI=1S/C18H24O4.H2O/c1-18-7-6-12-11-5-3-10(19)8-9(11)2-4-13(12)14(18)15(20)16(21)17(18)22;/h3,5,8,12-17,19-22H,2,4,6-7H2,1H3;1H2/t12-,13-,14-,15-,16-,17-,18+;/m1./s1. The monoisotopic (exact) mass is 322 g/mol. The molecule has 23 heavy (non-hydrogen) atoms. The van der Waals surface area contributed by atoms with Crippen LogP contribution in [0.2, 0.25) is 0 Å². The summed E-state index contributed by atoms with van der Waals surface area (Å²) in [5.74, 6) is 0.898. The molecular weight excluding hydrogens is 296 g/mol. The maximum absolute atomic E-state index is 10.5. The van der Waals surface area contributed by atoms with Crippen LogP contribution < -0.4 is 0 Å². The zero-order chi connectivity index (χ0) is 15.6. The van der Waals surface area contributed by atoms with Crippen molar-refractivity contribution in [2.24, 2.45) is 17.3 Å². The predicted molar refractivity (Wildman–Crippen MR) is 85.1 cm³/mol. The fourth-order valence-electron chi connectivity index (χ4n) is 5.62. The van der Waals surface area contributed by atoms with Crippen molar-refractivity contribution in [3.63, 3.8) is 0 Å². The molecule has 5 heteroatoms. The molecule has 5 nitrogen and oxygen atoms in total. The van der Waals surface area contributed by atoms with Gasteiger partial charge in [-0.3, -0.25) is 0 Å². The van der Waals surface area contributed by atoms with Crippen molar-refractivity contribution in [1.82, 2.24) is 0 Å². The van der Waals surface area contributed by atoms with Crippen LogP contribution in [0.15, 0.2) is 18.2 Å². The lowest BCUT2D eigenvalue weighted by Gasteiger charge is -2.50. The van der Waals surface area contributed by atoms with E-state index in [9.17, 15) is 20.4 Å². The number of aliphatic hydroxyl groups excluding tert-OH is 3. The van der Waals surface area contributed by atoms with Gasteiger partial charge in [0, 0.05) is 5.41 Å². The van der Waals surface area contributed by atoms with E-state index in [1.54, 1.807) is 6.07 Å². The van der Waals surface area contributed by atoms with E-state index in [0.29, 0.717) is 11.7 Å². The molecular formula is C18H26O5. The zero-order valence-electron chi connectivity index (χ0n) is 13.3. The summed E-state index contributed by atoms with van der Waals surface area (Å²) in [7, 11) is 0. The Labute approximate surface area is 135 Å². The van der Waals surface area contributed by atoms with Gasteiger partial charge in [-0.05, 0) is 66.7 Å². The highest BCUT2D eigenvalue weighted by atomic mass is 16.4. The predicted octanol–water partition coefficient (Wildman–Crippen LogP) is 0.726. The SMILES string of the molecule is C[C@]12CC[C@@H]3c4ccc(O)cc4CC[C@H]3[C@@H]1[C@@H](O)[C@@H](O)[C@H]2O.O. The Morgan fingerprint density at radius 3 is 2.57 bits per heavy atom. The smallest absolute Gasteiger partial charge is 0.115 e. The first-order valence-electron chi connectivity index (χ1n) is 8.29. The number of aliphatic hydroxyl groups is 3. The molecule has 0 amide bonds. The Bertz CT molecular complexity index is 603. The van der Waals surface area contributed by atoms with Gasteiger partial charge >= 0.3 is 0 Å². The highest BCUT2D eigenvalue weighted by molar-refractivity contribution is 5.40. The van der Waals surface area contributed by atoms with E-state index in [-0.39, 0.29) is 17.3 Å². The molecule has 7 atom stereocenters. The minimum atomic E-state index is -1.03. The van der Waals surface area contributed by atoms with Gasteiger partial charge in [0.1, 0.15) is 11.9 Å². The van der Waals surface area contributed by atoms with Crippen molar-refractivity contribution < 1.29 is 25.9 Å². The number of rotatable bonds is 0. The van der Waals surface area contributed by atoms with Crippen LogP contribution in [-0.2, 0) is 6.42 Å². The number of benzene rings is 1. The number of phenols is 1. The third kappa shape index (κ3) is 2.14. The molecule has 0 unspecified atom stereocenters. The lowest BCUT2D eigenvalue weighted by atomic mass is 9.55. The molecule has 1 aromatic rings. The van der Waals surface area contributed by atoms with Crippen molar-refractivity contribution in [2.75, 3.05) is 0 Å². The number of aryl methyl sites for hydroxylation is 1. The lowest BCUT2D eigenvalue weighted by Crippen LogP contribution is -2.46. The van der Waals surface area contributed by atoms with Crippen molar-refractivity contribution in [2.45, 2.75) is 56.8 Å². The van der Waals surface area contributed by atoms with E-state index in [4.69, 9.17) is 0 Å². The Morgan fingerprint density at radius 1 is 1.09 bits per heavy atom. The molecule has 4 rings (SSSR count). The average Bonchev–Trinajstić information content (AvgIpc) is 2.68.